The summed E-state index contributed by atoms with van der Waals surface area (Å²) in [5.41, 5.74) is 3.54. The minimum absolute atomic E-state index is 0.512. The third-order valence-corrected chi connectivity index (χ3v) is 2.92. The highest BCUT2D eigenvalue weighted by molar-refractivity contribution is 7.95. The van der Waals surface area contributed by atoms with Crippen LogP contribution in [0.3, 0.4) is 0 Å². The van der Waals surface area contributed by atoms with Crippen LogP contribution >= 0.6 is 0 Å². The number of hydrogen-bond acceptors (Lipinski definition) is 5. The van der Waals surface area contributed by atoms with E-state index in [-0.39, 0.29) is 0 Å². The zero-order chi connectivity index (χ0) is 8.72. The van der Waals surface area contributed by atoms with Crippen molar-refractivity contribution in [2.24, 2.45) is 9.46 Å². The van der Waals surface area contributed by atoms with E-state index in [9.17, 15) is 0 Å². The summed E-state index contributed by atoms with van der Waals surface area (Å²) in [6.07, 6.45) is 1.84. The van der Waals surface area contributed by atoms with E-state index in [1.807, 2.05) is 13.0 Å². The normalized spacial score (nSPS) is 28.5. The van der Waals surface area contributed by atoms with Gasteiger partial charge in [-0.25, -0.2) is 4.99 Å². The number of hydrazine groups is 1. The van der Waals surface area contributed by atoms with Crippen molar-refractivity contribution in [3.63, 3.8) is 0 Å². The fraction of sp³-hybridized carbons (Fsp3) is 0.167. The molecule has 0 radical (unpaired) electrons. The maximum atomic E-state index is 8.99. The molecule has 12 heavy (non-hydrogen) atoms. The molecule has 0 aliphatic carbocycles. The molecule has 0 bridgehead atoms. The molecule has 2 aliphatic heterocycles. The minimum atomic E-state index is -0.512. The lowest BCUT2D eigenvalue weighted by Gasteiger charge is -2.09. The van der Waals surface area contributed by atoms with Crippen molar-refractivity contribution < 1.29 is 5.21 Å². The van der Waals surface area contributed by atoms with E-state index >= 15 is 0 Å². The largest absolute Gasteiger partial charge is 0.275 e. The van der Waals surface area contributed by atoms with E-state index in [4.69, 9.17) is 5.21 Å². The summed E-state index contributed by atoms with van der Waals surface area (Å²) in [6.45, 7) is 5.63. The van der Waals surface area contributed by atoms with Crippen LogP contribution in [0.5, 0.6) is 0 Å². The Labute approximate surface area is 72.1 Å². The van der Waals surface area contributed by atoms with Gasteiger partial charge in [-0.2, -0.15) is 0 Å². The molecule has 2 heterocycles. The molecule has 0 fully saturated rings. The molecule has 0 aromatic carbocycles. The Kier molecular flexibility index (Phi) is 1.60. The third kappa shape index (κ3) is 1.09. The highest BCUT2D eigenvalue weighted by Crippen LogP contribution is 2.22. The Morgan fingerprint density at radius 2 is 2.50 bits per heavy atom. The molecule has 1 unspecified atom stereocenters. The second kappa shape index (κ2) is 2.51. The van der Waals surface area contributed by atoms with Crippen LogP contribution in [0.2, 0.25) is 0 Å². The highest BCUT2D eigenvalue weighted by atomic mass is 32.2. The van der Waals surface area contributed by atoms with Crippen LogP contribution < -0.4 is 5.43 Å². The van der Waals surface area contributed by atoms with E-state index in [0.717, 1.165) is 10.7 Å². The maximum absolute atomic E-state index is 8.99. The Morgan fingerprint density at radius 3 is 3.25 bits per heavy atom. The van der Waals surface area contributed by atoms with Crippen LogP contribution in [0.25, 0.3) is 0 Å². The molecule has 2 aliphatic rings. The SMILES string of the molecule is C=C1N=C(C)C=C2NN(O)N=S12. The predicted molar refractivity (Wildman–Crippen MR) is 46.9 cm³/mol. The van der Waals surface area contributed by atoms with E-state index in [2.05, 4.69) is 21.5 Å². The molecule has 0 saturated heterocycles. The average Bonchev–Trinajstić information content (AvgIpc) is 2.29. The van der Waals surface area contributed by atoms with Crippen molar-refractivity contribution in [2.45, 2.75) is 6.92 Å². The van der Waals surface area contributed by atoms with Crippen molar-refractivity contribution in [1.82, 2.24) is 10.7 Å². The summed E-state index contributed by atoms with van der Waals surface area (Å²) in [6, 6.07) is 0. The van der Waals surface area contributed by atoms with E-state index in [1.165, 1.54) is 0 Å². The first-order valence-corrected chi connectivity index (χ1v) is 4.52. The van der Waals surface area contributed by atoms with Gasteiger partial charge in [0.25, 0.3) is 0 Å². The fourth-order valence-corrected chi connectivity index (χ4v) is 2.32. The molecule has 1 atom stereocenters. The molecular weight excluding hydrogens is 176 g/mol. The lowest BCUT2D eigenvalue weighted by Crippen LogP contribution is -2.24. The van der Waals surface area contributed by atoms with Crippen LogP contribution in [0, 0.1) is 0 Å². The number of fused-ring (bicyclic) bond motifs is 1. The lowest BCUT2D eigenvalue weighted by molar-refractivity contribution is -0.117. The first kappa shape index (κ1) is 7.66. The summed E-state index contributed by atoms with van der Waals surface area (Å²) >= 11 is 0. The van der Waals surface area contributed by atoms with Gasteiger partial charge in [-0.3, -0.25) is 10.6 Å². The van der Waals surface area contributed by atoms with Crippen molar-refractivity contribution in [3.8, 4) is 0 Å². The van der Waals surface area contributed by atoms with Gasteiger partial charge in [0.15, 0.2) is 0 Å². The van der Waals surface area contributed by atoms with Crippen molar-refractivity contribution in [2.75, 3.05) is 0 Å². The standard InChI is InChI=1S/C6H8N4OS/c1-4-3-6-8-10(11)9-12(6)5(2)7-4/h3,8,11H,2H2,1H3. The van der Waals surface area contributed by atoms with Crippen LogP contribution in [-0.2, 0) is 10.7 Å². The lowest BCUT2D eigenvalue weighted by atomic mass is 10.4. The van der Waals surface area contributed by atoms with Gasteiger partial charge in [0.05, 0.1) is 0 Å². The van der Waals surface area contributed by atoms with Gasteiger partial charge in [0.2, 0.25) is 0 Å². The molecule has 2 N–H and O–H groups in total. The summed E-state index contributed by atoms with van der Waals surface area (Å²) in [4.78, 5) is 4.15. The van der Waals surface area contributed by atoms with Crippen LogP contribution in [-0.4, -0.2) is 16.2 Å². The van der Waals surface area contributed by atoms with Gasteiger partial charge in [-0.15, -0.1) is 4.47 Å². The zero-order valence-corrected chi connectivity index (χ0v) is 7.30. The van der Waals surface area contributed by atoms with E-state index in [0.29, 0.717) is 10.3 Å². The fourth-order valence-electron chi connectivity index (χ4n) is 1.01. The maximum Gasteiger partial charge on any atom is 0.108 e. The molecule has 0 saturated carbocycles. The van der Waals surface area contributed by atoms with Gasteiger partial charge < -0.3 is 0 Å². The second-order valence-corrected chi connectivity index (χ2v) is 4.07. The van der Waals surface area contributed by atoms with E-state index in [1.54, 1.807) is 0 Å². The van der Waals surface area contributed by atoms with Gasteiger partial charge >= 0.3 is 0 Å². The first-order chi connectivity index (χ1) is 5.66. The first-order valence-electron chi connectivity index (χ1n) is 3.34. The summed E-state index contributed by atoms with van der Waals surface area (Å²) < 4.78 is 3.86. The molecule has 0 aromatic heterocycles. The average molecular weight is 184 g/mol. The third-order valence-electron chi connectivity index (χ3n) is 1.44. The van der Waals surface area contributed by atoms with Crippen LogP contribution in [0.15, 0.2) is 32.2 Å². The molecule has 5 nitrogen and oxygen atoms in total. The summed E-state index contributed by atoms with van der Waals surface area (Å²) in [5.74, 6) is 0. The molecular formula is C6H8N4OS. The monoisotopic (exact) mass is 184 g/mol. The van der Waals surface area contributed by atoms with Gasteiger partial charge in [0, 0.05) is 21.7 Å². The molecule has 0 aromatic rings. The number of nitrogens with zero attached hydrogens (tertiary/aromatic N) is 3. The van der Waals surface area contributed by atoms with Crippen molar-refractivity contribution in [1.29, 1.82) is 0 Å². The molecule has 0 amide bonds. The van der Waals surface area contributed by atoms with Crippen LogP contribution in [0.1, 0.15) is 6.92 Å². The molecule has 2 rings (SSSR count). The smallest absolute Gasteiger partial charge is 0.108 e. The van der Waals surface area contributed by atoms with E-state index < -0.39 is 10.7 Å². The summed E-state index contributed by atoms with van der Waals surface area (Å²) in [7, 11) is -0.512. The van der Waals surface area contributed by atoms with Gasteiger partial charge in [-0.1, -0.05) is 6.58 Å². The highest BCUT2D eigenvalue weighted by Gasteiger charge is 2.22. The Bertz CT molecular complexity index is 343. The number of hydrogen-bond donors (Lipinski definition) is 2. The summed E-state index contributed by atoms with van der Waals surface area (Å²) in [5, 5.41) is 11.2. The number of rotatable bonds is 0. The zero-order valence-electron chi connectivity index (χ0n) is 6.48. The second-order valence-electron chi connectivity index (χ2n) is 2.42. The molecule has 6 heteroatoms. The predicted octanol–water partition coefficient (Wildman–Crippen LogP) is 0.700. The van der Waals surface area contributed by atoms with Crippen molar-refractivity contribution in [3.05, 3.63) is 22.7 Å². The number of allylic oxidation sites excluding steroid dienone is 1. The quantitative estimate of drug-likeness (QED) is 0.582. The number of nitrogens with one attached hydrogen (secondary N) is 1. The topological polar surface area (TPSA) is 60.2 Å². The Morgan fingerprint density at radius 1 is 1.75 bits per heavy atom. The van der Waals surface area contributed by atoms with Gasteiger partial charge in [0.1, 0.15) is 10.1 Å². The molecule has 64 valence electrons. The van der Waals surface area contributed by atoms with Crippen molar-refractivity contribution >= 4 is 16.4 Å². The number of aliphatic imine (C=N–C) groups is 1. The Balaban J connectivity index is 2.45. The van der Waals surface area contributed by atoms with Gasteiger partial charge in [-0.05, 0) is 13.0 Å². The van der Waals surface area contributed by atoms with Crippen LogP contribution in [0.4, 0.5) is 0 Å². The Hall–Kier alpha value is -0.980. The minimum Gasteiger partial charge on any atom is -0.275 e. The molecule has 0 spiro atoms.